The number of fused-ring (bicyclic) bond motifs is 2. The van der Waals surface area contributed by atoms with Crippen LogP contribution in [0.1, 0.15) is 24.0 Å². The van der Waals surface area contributed by atoms with Crippen molar-refractivity contribution in [3.05, 3.63) is 52.5 Å². The molecule has 0 amide bonds. The summed E-state index contributed by atoms with van der Waals surface area (Å²) in [7, 11) is 0. The maximum Gasteiger partial charge on any atom is 0.188 e. The summed E-state index contributed by atoms with van der Waals surface area (Å²) in [5.41, 5.74) is 5.14. The molecule has 21 heavy (non-hydrogen) atoms. The van der Waals surface area contributed by atoms with E-state index in [1.165, 1.54) is 36.1 Å². The maximum absolute atomic E-state index is 6.04. The zero-order valence-electron chi connectivity index (χ0n) is 11.5. The topological polar surface area (TPSA) is 24.9 Å². The molecule has 1 aliphatic rings. The lowest BCUT2D eigenvalue weighted by Gasteiger charge is -2.19. The average Bonchev–Trinajstić information content (AvgIpc) is 2.89. The van der Waals surface area contributed by atoms with Crippen molar-refractivity contribution in [3.8, 4) is 0 Å². The number of nitrogens with one attached hydrogen (secondary N) is 1. The van der Waals surface area contributed by atoms with Crippen LogP contribution in [0.3, 0.4) is 0 Å². The van der Waals surface area contributed by atoms with Crippen LogP contribution < -0.4 is 5.32 Å². The van der Waals surface area contributed by atoms with Crippen LogP contribution in [0.15, 0.2) is 36.4 Å². The summed E-state index contributed by atoms with van der Waals surface area (Å²) in [6, 6.07) is 12.4. The molecule has 1 aliphatic carbocycles. The van der Waals surface area contributed by atoms with E-state index < -0.39 is 0 Å². The minimum absolute atomic E-state index is 0.759. The number of hydrogen-bond acceptors (Lipinski definition) is 3. The van der Waals surface area contributed by atoms with Crippen LogP contribution in [0.25, 0.3) is 10.2 Å². The first-order valence-electron chi connectivity index (χ1n) is 7.23. The zero-order chi connectivity index (χ0) is 14.2. The highest BCUT2D eigenvalue weighted by Crippen LogP contribution is 2.33. The SMILES string of the molecule is Clc1ccc2nc(Nc3cccc4c3CCCC4)sc2c1. The van der Waals surface area contributed by atoms with Gasteiger partial charge in [0.2, 0.25) is 0 Å². The summed E-state index contributed by atoms with van der Waals surface area (Å²) >= 11 is 7.69. The van der Waals surface area contributed by atoms with Gasteiger partial charge in [-0.05, 0) is 61.1 Å². The maximum atomic E-state index is 6.04. The van der Waals surface area contributed by atoms with Crippen LogP contribution in [-0.4, -0.2) is 4.98 Å². The average molecular weight is 315 g/mol. The summed E-state index contributed by atoms with van der Waals surface area (Å²) < 4.78 is 1.12. The molecule has 0 saturated carbocycles. The molecule has 4 rings (SSSR count). The fourth-order valence-corrected chi connectivity index (χ4v) is 4.12. The van der Waals surface area contributed by atoms with Gasteiger partial charge in [-0.25, -0.2) is 4.98 Å². The van der Waals surface area contributed by atoms with Gasteiger partial charge >= 0.3 is 0 Å². The third-order valence-corrected chi connectivity index (χ3v) is 5.16. The fraction of sp³-hybridized carbons (Fsp3) is 0.235. The molecule has 3 aromatic rings. The van der Waals surface area contributed by atoms with Crippen LogP contribution in [0.5, 0.6) is 0 Å². The second kappa shape index (κ2) is 5.32. The zero-order valence-corrected chi connectivity index (χ0v) is 13.1. The molecule has 0 radical (unpaired) electrons. The van der Waals surface area contributed by atoms with Crippen molar-refractivity contribution in [1.29, 1.82) is 0 Å². The van der Waals surface area contributed by atoms with Crippen molar-refractivity contribution in [3.63, 3.8) is 0 Å². The Balaban J connectivity index is 1.71. The number of rotatable bonds is 2. The molecule has 0 unspecified atom stereocenters. The Morgan fingerprint density at radius 2 is 2.00 bits per heavy atom. The minimum atomic E-state index is 0.759. The van der Waals surface area contributed by atoms with Gasteiger partial charge in [0.25, 0.3) is 0 Å². The summed E-state index contributed by atoms with van der Waals surface area (Å²) in [4.78, 5) is 4.65. The molecule has 0 aliphatic heterocycles. The number of benzene rings is 2. The summed E-state index contributed by atoms with van der Waals surface area (Å²) in [6.45, 7) is 0. The number of hydrogen-bond donors (Lipinski definition) is 1. The van der Waals surface area contributed by atoms with Crippen LogP contribution in [0.4, 0.5) is 10.8 Å². The third-order valence-electron chi connectivity index (χ3n) is 3.99. The standard InChI is InChI=1S/C17H15ClN2S/c18-12-8-9-15-16(10-12)21-17(20-15)19-14-7-3-5-11-4-1-2-6-13(11)14/h3,5,7-10H,1-2,4,6H2,(H,19,20). The largest absolute Gasteiger partial charge is 0.331 e. The summed E-state index contributed by atoms with van der Waals surface area (Å²) in [5.74, 6) is 0. The molecule has 0 bridgehead atoms. The Morgan fingerprint density at radius 3 is 2.95 bits per heavy atom. The van der Waals surface area contributed by atoms with Gasteiger partial charge in [0.15, 0.2) is 5.13 Å². The fourth-order valence-electron chi connectivity index (χ4n) is 2.97. The van der Waals surface area contributed by atoms with Gasteiger partial charge in [0.1, 0.15) is 0 Å². The number of aromatic nitrogens is 1. The van der Waals surface area contributed by atoms with Gasteiger partial charge in [-0.1, -0.05) is 35.1 Å². The van der Waals surface area contributed by atoms with Crippen LogP contribution in [0, 0.1) is 0 Å². The van der Waals surface area contributed by atoms with Crippen molar-refractivity contribution in [2.75, 3.05) is 5.32 Å². The van der Waals surface area contributed by atoms with Gasteiger partial charge in [0, 0.05) is 10.7 Å². The number of thiazole rings is 1. The highest BCUT2D eigenvalue weighted by atomic mass is 35.5. The van der Waals surface area contributed by atoms with E-state index in [9.17, 15) is 0 Å². The van der Waals surface area contributed by atoms with Crippen molar-refractivity contribution in [2.24, 2.45) is 0 Å². The van der Waals surface area contributed by atoms with Crippen molar-refractivity contribution < 1.29 is 0 Å². The second-order valence-corrected chi connectivity index (χ2v) is 6.87. The van der Waals surface area contributed by atoms with Gasteiger partial charge in [0.05, 0.1) is 10.2 Å². The van der Waals surface area contributed by atoms with Crippen molar-refractivity contribution in [1.82, 2.24) is 4.98 Å². The minimum Gasteiger partial charge on any atom is -0.331 e. The highest BCUT2D eigenvalue weighted by Gasteiger charge is 2.14. The van der Waals surface area contributed by atoms with E-state index in [4.69, 9.17) is 11.6 Å². The Bertz CT molecular complexity index is 810. The van der Waals surface area contributed by atoms with Crippen molar-refractivity contribution >= 4 is 44.0 Å². The van der Waals surface area contributed by atoms with E-state index in [0.717, 1.165) is 26.8 Å². The summed E-state index contributed by atoms with van der Waals surface area (Å²) in [5, 5.41) is 5.20. The lowest BCUT2D eigenvalue weighted by molar-refractivity contribution is 0.687. The van der Waals surface area contributed by atoms with E-state index in [1.807, 2.05) is 18.2 Å². The van der Waals surface area contributed by atoms with Gasteiger partial charge < -0.3 is 5.32 Å². The Hall–Kier alpha value is -1.58. The van der Waals surface area contributed by atoms with Gasteiger partial charge in [-0.3, -0.25) is 0 Å². The van der Waals surface area contributed by atoms with Crippen LogP contribution >= 0.6 is 22.9 Å². The molecular weight excluding hydrogens is 300 g/mol. The quantitative estimate of drug-likeness (QED) is 0.668. The highest BCUT2D eigenvalue weighted by molar-refractivity contribution is 7.22. The number of anilines is 2. The first-order valence-corrected chi connectivity index (χ1v) is 8.43. The normalized spacial score (nSPS) is 14.1. The molecule has 0 atom stereocenters. The molecule has 2 aromatic carbocycles. The molecule has 1 aromatic heterocycles. The molecule has 0 fully saturated rings. The smallest absolute Gasteiger partial charge is 0.188 e. The molecular formula is C17H15ClN2S. The molecule has 1 N–H and O–H groups in total. The Kier molecular flexibility index (Phi) is 3.32. The lowest BCUT2D eigenvalue weighted by atomic mass is 9.90. The summed E-state index contributed by atoms with van der Waals surface area (Å²) in [6.07, 6.45) is 4.94. The molecule has 0 spiro atoms. The van der Waals surface area contributed by atoms with E-state index in [2.05, 4.69) is 28.5 Å². The van der Waals surface area contributed by atoms with E-state index >= 15 is 0 Å². The van der Waals surface area contributed by atoms with Crippen LogP contribution in [-0.2, 0) is 12.8 Å². The molecule has 0 saturated heterocycles. The number of aryl methyl sites for hydroxylation is 1. The predicted molar refractivity (Wildman–Crippen MR) is 91.0 cm³/mol. The monoisotopic (exact) mass is 314 g/mol. The first kappa shape index (κ1) is 13.1. The molecule has 106 valence electrons. The lowest BCUT2D eigenvalue weighted by Crippen LogP contribution is -2.05. The Labute approximate surface area is 132 Å². The van der Waals surface area contributed by atoms with Gasteiger partial charge in [-0.2, -0.15) is 0 Å². The van der Waals surface area contributed by atoms with Gasteiger partial charge in [-0.15, -0.1) is 0 Å². The van der Waals surface area contributed by atoms with E-state index in [-0.39, 0.29) is 0 Å². The Morgan fingerprint density at radius 1 is 1.10 bits per heavy atom. The molecule has 4 heteroatoms. The van der Waals surface area contributed by atoms with E-state index in [1.54, 1.807) is 11.3 Å². The van der Waals surface area contributed by atoms with Crippen molar-refractivity contribution in [2.45, 2.75) is 25.7 Å². The third kappa shape index (κ3) is 2.52. The second-order valence-electron chi connectivity index (χ2n) is 5.41. The predicted octanol–water partition coefficient (Wildman–Crippen LogP) is 5.57. The number of halogens is 1. The van der Waals surface area contributed by atoms with Crippen LogP contribution in [0.2, 0.25) is 5.02 Å². The first-order chi connectivity index (χ1) is 10.3. The van der Waals surface area contributed by atoms with E-state index in [0.29, 0.717) is 0 Å². The molecule has 2 nitrogen and oxygen atoms in total. The molecule has 1 heterocycles. The number of nitrogens with zero attached hydrogens (tertiary/aromatic N) is 1.